The fraction of sp³-hybridized carbons (Fsp3) is 0.667. The molecule has 3 aliphatic rings. The van der Waals surface area contributed by atoms with Gasteiger partial charge in [-0.2, -0.15) is 0 Å². The maximum absolute atomic E-state index is 6.25. The molecule has 0 saturated carbocycles. The molecule has 2 nitrogen and oxygen atoms in total. The van der Waals surface area contributed by atoms with Gasteiger partial charge in [0.1, 0.15) is 0 Å². The number of rotatable bonds is 1. The number of piperidine rings is 2. The molecule has 114 valence electrons. The summed E-state index contributed by atoms with van der Waals surface area (Å²) < 4.78 is 0. The van der Waals surface area contributed by atoms with Gasteiger partial charge >= 0.3 is 0 Å². The summed E-state index contributed by atoms with van der Waals surface area (Å²) in [7, 11) is 0. The van der Waals surface area contributed by atoms with E-state index in [-0.39, 0.29) is 0 Å². The van der Waals surface area contributed by atoms with E-state index in [4.69, 9.17) is 11.6 Å². The van der Waals surface area contributed by atoms with E-state index in [1.165, 1.54) is 57.3 Å². The molecule has 0 radical (unpaired) electrons. The van der Waals surface area contributed by atoms with Crippen molar-refractivity contribution < 1.29 is 0 Å². The molecule has 3 heterocycles. The van der Waals surface area contributed by atoms with E-state index in [0.717, 1.165) is 17.6 Å². The Kier molecular flexibility index (Phi) is 3.72. The van der Waals surface area contributed by atoms with Gasteiger partial charge in [0.15, 0.2) is 0 Å². The third-order valence-electron chi connectivity index (χ3n) is 6.18. The number of hydrogen-bond donors (Lipinski definition) is 1. The van der Waals surface area contributed by atoms with Crippen LogP contribution < -0.4 is 5.32 Å². The summed E-state index contributed by atoms with van der Waals surface area (Å²) in [6.07, 6.45) is 6.90. The van der Waals surface area contributed by atoms with Gasteiger partial charge in [-0.3, -0.25) is 0 Å². The summed E-state index contributed by atoms with van der Waals surface area (Å²) >= 11 is 6.25. The molecular formula is C18H25ClN2. The van der Waals surface area contributed by atoms with Crippen LogP contribution in [0.15, 0.2) is 24.3 Å². The van der Waals surface area contributed by atoms with Gasteiger partial charge in [0, 0.05) is 23.5 Å². The quantitative estimate of drug-likeness (QED) is 0.852. The van der Waals surface area contributed by atoms with Crippen LogP contribution in [-0.4, -0.2) is 37.1 Å². The van der Waals surface area contributed by atoms with Crippen LogP contribution in [-0.2, 0) is 0 Å². The lowest BCUT2D eigenvalue weighted by atomic mass is 9.61. The highest BCUT2D eigenvalue weighted by atomic mass is 35.5. The highest BCUT2D eigenvalue weighted by molar-refractivity contribution is 6.30. The lowest BCUT2D eigenvalue weighted by Gasteiger charge is -2.51. The van der Waals surface area contributed by atoms with Gasteiger partial charge in [0.25, 0.3) is 0 Å². The second-order valence-electron chi connectivity index (χ2n) is 7.21. The Labute approximate surface area is 132 Å². The van der Waals surface area contributed by atoms with E-state index in [0.29, 0.717) is 11.3 Å². The molecule has 3 aliphatic heterocycles. The van der Waals surface area contributed by atoms with Gasteiger partial charge in [0.05, 0.1) is 0 Å². The van der Waals surface area contributed by atoms with Crippen molar-refractivity contribution in [1.29, 1.82) is 0 Å². The number of benzene rings is 1. The average molecular weight is 305 g/mol. The van der Waals surface area contributed by atoms with E-state index in [1.54, 1.807) is 0 Å². The minimum Gasteiger partial charge on any atom is -0.316 e. The summed E-state index contributed by atoms with van der Waals surface area (Å²) in [5.41, 5.74) is 1.95. The summed E-state index contributed by atoms with van der Waals surface area (Å²) in [6.45, 7) is 4.94. The monoisotopic (exact) mass is 304 g/mol. The van der Waals surface area contributed by atoms with Crippen LogP contribution in [0.25, 0.3) is 0 Å². The molecular weight excluding hydrogens is 280 g/mol. The maximum atomic E-state index is 6.25. The van der Waals surface area contributed by atoms with Crippen LogP contribution in [0.1, 0.15) is 43.6 Å². The van der Waals surface area contributed by atoms with Crippen LogP contribution in [0, 0.1) is 5.41 Å². The highest BCUT2D eigenvalue weighted by Crippen LogP contribution is 2.51. The predicted molar refractivity (Wildman–Crippen MR) is 87.9 cm³/mol. The Morgan fingerprint density at radius 2 is 2.19 bits per heavy atom. The smallest absolute Gasteiger partial charge is 0.0408 e. The minimum absolute atomic E-state index is 0.501. The summed E-state index contributed by atoms with van der Waals surface area (Å²) in [4.78, 5) is 2.74. The first kappa shape index (κ1) is 14.0. The van der Waals surface area contributed by atoms with Crippen LogP contribution in [0.4, 0.5) is 0 Å². The molecule has 0 bridgehead atoms. The maximum Gasteiger partial charge on any atom is 0.0408 e. The fourth-order valence-electron chi connectivity index (χ4n) is 5.07. The molecule has 21 heavy (non-hydrogen) atoms. The Balaban J connectivity index is 1.65. The SMILES string of the molecule is Clc1cccc(C2CNCCC23CCN2CCCC2C3)c1. The largest absolute Gasteiger partial charge is 0.316 e. The van der Waals surface area contributed by atoms with E-state index in [1.807, 2.05) is 6.07 Å². The zero-order valence-corrected chi connectivity index (χ0v) is 13.4. The van der Waals surface area contributed by atoms with Gasteiger partial charge in [-0.15, -0.1) is 0 Å². The summed E-state index contributed by atoms with van der Waals surface area (Å²) in [5.74, 6) is 0.632. The Morgan fingerprint density at radius 3 is 3.10 bits per heavy atom. The van der Waals surface area contributed by atoms with Gasteiger partial charge in [-0.05, 0) is 74.8 Å². The predicted octanol–water partition coefficient (Wildman–Crippen LogP) is 3.66. The van der Waals surface area contributed by atoms with E-state index in [9.17, 15) is 0 Å². The zero-order chi connectivity index (χ0) is 14.3. The van der Waals surface area contributed by atoms with Crippen molar-refractivity contribution in [2.45, 2.75) is 44.1 Å². The van der Waals surface area contributed by atoms with Crippen LogP contribution in [0.3, 0.4) is 0 Å². The van der Waals surface area contributed by atoms with Crippen LogP contribution in [0.2, 0.25) is 5.02 Å². The van der Waals surface area contributed by atoms with Crippen molar-refractivity contribution in [3.63, 3.8) is 0 Å². The average Bonchev–Trinajstić information content (AvgIpc) is 2.95. The number of hydrogen-bond acceptors (Lipinski definition) is 2. The number of halogens is 1. The highest BCUT2D eigenvalue weighted by Gasteiger charge is 2.47. The number of nitrogens with zero attached hydrogens (tertiary/aromatic N) is 1. The normalized spacial score (nSPS) is 36.8. The molecule has 1 aromatic carbocycles. The third kappa shape index (κ3) is 2.52. The first-order valence-electron chi connectivity index (χ1n) is 8.47. The summed E-state index contributed by atoms with van der Waals surface area (Å²) in [5, 5.41) is 4.51. The van der Waals surface area contributed by atoms with Crippen molar-refractivity contribution in [1.82, 2.24) is 10.2 Å². The summed E-state index contributed by atoms with van der Waals surface area (Å²) in [6, 6.07) is 9.44. The molecule has 3 atom stereocenters. The molecule has 1 spiro atoms. The Bertz CT molecular complexity index is 518. The van der Waals surface area contributed by atoms with E-state index < -0.39 is 0 Å². The first-order chi connectivity index (χ1) is 10.3. The third-order valence-corrected chi connectivity index (χ3v) is 6.41. The Morgan fingerprint density at radius 1 is 1.24 bits per heavy atom. The Hall–Kier alpha value is -0.570. The van der Waals surface area contributed by atoms with Crippen molar-refractivity contribution >= 4 is 11.6 Å². The number of nitrogens with one attached hydrogen (secondary N) is 1. The van der Waals surface area contributed by atoms with E-state index in [2.05, 4.69) is 28.4 Å². The zero-order valence-electron chi connectivity index (χ0n) is 12.7. The standard InChI is InChI=1S/C18H25ClN2/c19-15-4-1-3-14(11-15)17-13-20-8-6-18(17)7-10-21-9-2-5-16(21)12-18/h1,3-4,11,16-17,20H,2,5-10,12-13H2. The molecule has 0 aromatic heterocycles. The molecule has 4 rings (SSSR count). The molecule has 3 saturated heterocycles. The fourth-order valence-corrected chi connectivity index (χ4v) is 5.27. The second-order valence-corrected chi connectivity index (χ2v) is 7.65. The second kappa shape index (κ2) is 5.57. The molecule has 3 heteroatoms. The topological polar surface area (TPSA) is 15.3 Å². The van der Waals surface area contributed by atoms with Gasteiger partial charge in [-0.1, -0.05) is 23.7 Å². The van der Waals surface area contributed by atoms with Crippen molar-refractivity contribution in [2.75, 3.05) is 26.2 Å². The lowest BCUT2D eigenvalue weighted by Crippen LogP contribution is -2.52. The van der Waals surface area contributed by atoms with Crippen LogP contribution in [0.5, 0.6) is 0 Å². The molecule has 3 fully saturated rings. The van der Waals surface area contributed by atoms with Crippen molar-refractivity contribution in [3.8, 4) is 0 Å². The van der Waals surface area contributed by atoms with Gasteiger partial charge in [-0.25, -0.2) is 0 Å². The lowest BCUT2D eigenvalue weighted by molar-refractivity contribution is 0.0319. The van der Waals surface area contributed by atoms with Crippen molar-refractivity contribution in [2.24, 2.45) is 5.41 Å². The van der Waals surface area contributed by atoms with Gasteiger partial charge in [0.2, 0.25) is 0 Å². The van der Waals surface area contributed by atoms with Gasteiger partial charge < -0.3 is 10.2 Å². The molecule has 0 aliphatic carbocycles. The van der Waals surface area contributed by atoms with Crippen molar-refractivity contribution in [3.05, 3.63) is 34.9 Å². The number of fused-ring (bicyclic) bond motifs is 1. The first-order valence-corrected chi connectivity index (χ1v) is 8.85. The molecule has 1 N–H and O–H groups in total. The molecule has 0 amide bonds. The molecule has 3 unspecified atom stereocenters. The molecule has 1 aromatic rings. The van der Waals surface area contributed by atoms with E-state index >= 15 is 0 Å². The minimum atomic E-state index is 0.501. The van der Waals surface area contributed by atoms with Crippen LogP contribution >= 0.6 is 11.6 Å².